The molecule has 1 aliphatic heterocycles. The summed E-state index contributed by atoms with van der Waals surface area (Å²) in [5, 5.41) is 3.07. The SMILES string of the molecule is COc1ccc(B2OC(C)(C)C(C)(C)O2)cc1CC(=O)NC1CCC1. The van der Waals surface area contributed by atoms with Gasteiger partial charge in [-0.2, -0.15) is 0 Å². The van der Waals surface area contributed by atoms with Gasteiger partial charge in [-0.3, -0.25) is 4.79 Å². The van der Waals surface area contributed by atoms with E-state index in [4.69, 9.17) is 14.0 Å². The molecule has 1 saturated carbocycles. The van der Waals surface area contributed by atoms with Crippen LogP contribution in [0.4, 0.5) is 0 Å². The maximum Gasteiger partial charge on any atom is 0.494 e. The molecule has 0 aromatic heterocycles. The van der Waals surface area contributed by atoms with E-state index < -0.39 is 7.12 Å². The molecule has 0 atom stereocenters. The molecule has 25 heavy (non-hydrogen) atoms. The van der Waals surface area contributed by atoms with Crippen molar-refractivity contribution in [3.8, 4) is 5.75 Å². The number of nitrogens with one attached hydrogen (secondary N) is 1. The van der Waals surface area contributed by atoms with Crippen LogP contribution in [0.15, 0.2) is 18.2 Å². The van der Waals surface area contributed by atoms with Crippen molar-refractivity contribution in [2.45, 2.75) is 70.6 Å². The first-order valence-electron chi connectivity index (χ1n) is 9.04. The summed E-state index contributed by atoms with van der Waals surface area (Å²) in [4.78, 5) is 12.3. The molecule has 1 aromatic carbocycles. The summed E-state index contributed by atoms with van der Waals surface area (Å²) in [6, 6.07) is 6.12. The van der Waals surface area contributed by atoms with Crippen LogP contribution in [-0.4, -0.2) is 37.4 Å². The number of carbonyl (C=O) groups is 1. The van der Waals surface area contributed by atoms with E-state index in [1.807, 2.05) is 45.9 Å². The topological polar surface area (TPSA) is 56.8 Å². The van der Waals surface area contributed by atoms with Gasteiger partial charge >= 0.3 is 7.12 Å². The number of benzene rings is 1. The summed E-state index contributed by atoms with van der Waals surface area (Å²) in [7, 11) is 1.18. The molecule has 1 heterocycles. The van der Waals surface area contributed by atoms with Crippen molar-refractivity contribution >= 4 is 18.5 Å². The van der Waals surface area contributed by atoms with Gasteiger partial charge in [0.05, 0.1) is 24.7 Å². The van der Waals surface area contributed by atoms with Gasteiger partial charge in [0.25, 0.3) is 0 Å². The third-order valence-electron chi connectivity index (χ3n) is 5.65. The quantitative estimate of drug-likeness (QED) is 0.832. The molecule has 1 aliphatic carbocycles. The summed E-state index contributed by atoms with van der Waals surface area (Å²) in [5.74, 6) is 0.748. The Balaban J connectivity index is 1.77. The molecule has 0 bridgehead atoms. The van der Waals surface area contributed by atoms with E-state index in [0.717, 1.165) is 23.9 Å². The van der Waals surface area contributed by atoms with E-state index in [1.165, 1.54) is 6.42 Å². The molecule has 2 fully saturated rings. The van der Waals surface area contributed by atoms with Gasteiger partial charge < -0.3 is 19.4 Å². The first-order chi connectivity index (χ1) is 11.7. The van der Waals surface area contributed by atoms with Crippen LogP contribution in [0, 0.1) is 0 Å². The second-order valence-electron chi connectivity index (χ2n) is 8.03. The van der Waals surface area contributed by atoms with E-state index in [9.17, 15) is 4.79 Å². The minimum absolute atomic E-state index is 0.0362. The van der Waals surface area contributed by atoms with Crippen molar-refractivity contribution in [2.75, 3.05) is 7.11 Å². The Morgan fingerprint density at radius 2 is 1.88 bits per heavy atom. The van der Waals surface area contributed by atoms with Gasteiger partial charge in [0.15, 0.2) is 0 Å². The minimum Gasteiger partial charge on any atom is -0.496 e. The monoisotopic (exact) mass is 345 g/mol. The Kier molecular flexibility index (Phi) is 4.86. The van der Waals surface area contributed by atoms with Crippen LogP contribution in [0.3, 0.4) is 0 Å². The van der Waals surface area contributed by atoms with Gasteiger partial charge in [-0.05, 0) is 58.5 Å². The van der Waals surface area contributed by atoms with Gasteiger partial charge in [-0.25, -0.2) is 0 Å². The summed E-state index contributed by atoms with van der Waals surface area (Å²) >= 11 is 0. The lowest BCUT2D eigenvalue weighted by atomic mass is 9.78. The van der Waals surface area contributed by atoms with Crippen molar-refractivity contribution in [1.29, 1.82) is 0 Å². The average Bonchev–Trinajstić information content (AvgIpc) is 2.71. The van der Waals surface area contributed by atoms with Crippen LogP contribution in [0.5, 0.6) is 5.75 Å². The number of hydrogen-bond acceptors (Lipinski definition) is 4. The van der Waals surface area contributed by atoms with Crippen LogP contribution in [0.2, 0.25) is 0 Å². The smallest absolute Gasteiger partial charge is 0.494 e. The van der Waals surface area contributed by atoms with Crippen LogP contribution in [0.25, 0.3) is 0 Å². The highest BCUT2D eigenvalue weighted by Crippen LogP contribution is 2.36. The predicted octanol–water partition coefficient (Wildman–Crippen LogP) is 2.21. The van der Waals surface area contributed by atoms with Crippen LogP contribution in [0.1, 0.15) is 52.5 Å². The number of carbonyl (C=O) groups excluding carboxylic acids is 1. The van der Waals surface area contributed by atoms with E-state index in [1.54, 1.807) is 7.11 Å². The maximum atomic E-state index is 12.3. The molecule has 1 amide bonds. The van der Waals surface area contributed by atoms with Gasteiger partial charge in [-0.15, -0.1) is 0 Å². The molecule has 136 valence electrons. The molecule has 1 aromatic rings. The Hall–Kier alpha value is -1.53. The predicted molar refractivity (Wildman–Crippen MR) is 98.2 cm³/mol. The Morgan fingerprint density at radius 1 is 1.24 bits per heavy atom. The third kappa shape index (κ3) is 3.70. The number of amides is 1. The molecule has 0 radical (unpaired) electrons. The lowest BCUT2D eigenvalue weighted by Gasteiger charge is -2.32. The molecular formula is C19H28BNO4. The van der Waals surface area contributed by atoms with E-state index >= 15 is 0 Å². The Labute approximate surface area is 150 Å². The highest BCUT2D eigenvalue weighted by Gasteiger charge is 2.51. The van der Waals surface area contributed by atoms with E-state index in [-0.39, 0.29) is 17.1 Å². The summed E-state index contributed by atoms with van der Waals surface area (Å²) in [6.45, 7) is 8.12. The number of ether oxygens (including phenoxy) is 1. The zero-order valence-electron chi connectivity index (χ0n) is 15.8. The number of methoxy groups -OCH3 is 1. The van der Waals surface area contributed by atoms with Crippen LogP contribution in [-0.2, 0) is 20.5 Å². The van der Waals surface area contributed by atoms with E-state index in [2.05, 4.69) is 5.32 Å². The first kappa shape index (κ1) is 18.3. The van der Waals surface area contributed by atoms with Gasteiger partial charge in [0.1, 0.15) is 5.75 Å². The molecule has 0 spiro atoms. The molecule has 5 nitrogen and oxygen atoms in total. The fourth-order valence-corrected chi connectivity index (χ4v) is 3.07. The van der Waals surface area contributed by atoms with Crippen molar-refractivity contribution < 1.29 is 18.8 Å². The molecule has 2 aliphatic rings. The van der Waals surface area contributed by atoms with E-state index in [0.29, 0.717) is 18.2 Å². The van der Waals surface area contributed by atoms with Gasteiger partial charge in [0, 0.05) is 11.6 Å². The van der Waals surface area contributed by atoms with Gasteiger partial charge in [0.2, 0.25) is 5.91 Å². The lowest BCUT2D eigenvalue weighted by molar-refractivity contribution is -0.121. The highest BCUT2D eigenvalue weighted by molar-refractivity contribution is 6.62. The summed E-state index contributed by atoms with van der Waals surface area (Å²) < 4.78 is 17.7. The molecule has 6 heteroatoms. The fraction of sp³-hybridized carbons (Fsp3) is 0.632. The summed E-state index contributed by atoms with van der Waals surface area (Å²) in [5.41, 5.74) is 0.982. The zero-order valence-corrected chi connectivity index (χ0v) is 15.8. The average molecular weight is 345 g/mol. The second-order valence-corrected chi connectivity index (χ2v) is 8.03. The summed E-state index contributed by atoms with van der Waals surface area (Å²) in [6.07, 6.45) is 3.66. The minimum atomic E-state index is -0.440. The molecule has 3 rings (SSSR count). The number of hydrogen-bond donors (Lipinski definition) is 1. The van der Waals surface area contributed by atoms with Crippen molar-refractivity contribution in [3.63, 3.8) is 0 Å². The Morgan fingerprint density at radius 3 is 2.40 bits per heavy atom. The first-order valence-corrected chi connectivity index (χ1v) is 9.04. The maximum absolute atomic E-state index is 12.3. The lowest BCUT2D eigenvalue weighted by Crippen LogP contribution is -2.41. The third-order valence-corrected chi connectivity index (χ3v) is 5.65. The Bertz CT molecular complexity index is 639. The van der Waals surface area contributed by atoms with Crippen LogP contribution >= 0.6 is 0 Å². The molecule has 0 unspecified atom stereocenters. The van der Waals surface area contributed by atoms with Gasteiger partial charge in [-0.1, -0.05) is 12.1 Å². The number of rotatable bonds is 5. The standard InChI is InChI=1S/C19H28BNO4/c1-18(2)19(3,4)25-20(24-18)14-9-10-16(23-5)13(11-14)12-17(22)21-15-7-6-8-15/h9-11,15H,6-8,12H2,1-5H3,(H,21,22). The molecule has 1 saturated heterocycles. The largest absolute Gasteiger partial charge is 0.496 e. The normalized spacial score (nSPS) is 21.7. The van der Waals surface area contributed by atoms with Crippen LogP contribution < -0.4 is 15.5 Å². The molecular weight excluding hydrogens is 317 g/mol. The second kappa shape index (κ2) is 6.65. The highest BCUT2D eigenvalue weighted by atomic mass is 16.7. The van der Waals surface area contributed by atoms with Crippen molar-refractivity contribution in [3.05, 3.63) is 23.8 Å². The van der Waals surface area contributed by atoms with Crippen molar-refractivity contribution in [2.24, 2.45) is 0 Å². The molecule has 1 N–H and O–H groups in total. The fourth-order valence-electron chi connectivity index (χ4n) is 3.07. The van der Waals surface area contributed by atoms with Crippen molar-refractivity contribution in [1.82, 2.24) is 5.32 Å². The zero-order chi connectivity index (χ0) is 18.2.